The highest BCUT2D eigenvalue weighted by Gasteiger charge is 2.17. The quantitative estimate of drug-likeness (QED) is 0.882. The van der Waals surface area contributed by atoms with Crippen LogP contribution < -0.4 is 10.2 Å². The minimum atomic E-state index is 0.463. The van der Waals surface area contributed by atoms with Crippen molar-refractivity contribution in [1.82, 2.24) is 9.97 Å². The van der Waals surface area contributed by atoms with Crippen LogP contribution in [0.3, 0.4) is 0 Å². The normalized spacial score (nSPS) is 12.7. The number of anilines is 2. The molecule has 110 valence electrons. The third-order valence-electron chi connectivity index (χ3n) is 3.45. The van der Waals surface area contributed by atoms with Crippen LogP contribution in [0.25, 0.3) is 10.2 Å². The van der Waals surface area contributed by atoms with Gasteiger partial charge < -0.3 is 10.2 Å². The number of hydrogen-bond acceptors (Lipinski definition) is 6. The zero-order valence-electron chi connectivity index (χ0n) is 12.7. The van der Waals surface area contributed by atoms with Gasteiger partial charge in [-0.05, 0) is 38.3 Å². The van der Waals surface area contributed by atoms with Gasteiger partial charge in [-0.2, -0.15) is 16.7 Å². The number of thiophene rings is 1. The Morgan fingerprint density at radius 2 is 2.20 bits per heavy atom. The van der Waals surface area contributed by atoms with Crippen LogP contribution >= 0.6 is 23.1 Å². The van der Waals surface area contributed by atoms with Gasteiger partial charge in [0.25, 0.3) is 0 Å². The smallest absolute Gasteiger partial charge is 0.225 e. The molecular formula is C14H22N4S2. The van der Waals surface area contributed by atoms with Crippen LogP contribution in [0.5, 0.6) is 0 Å². The number of aryl methyl sites for hydroxylation is 1. The fraction of sp³-hybridized carbons (Fsp3) is 0.571. The highest BCUT2D eigenvalue weighted by Crippen LogP contribution is 2.32. The van der Waals surface area contributed by atoms with Crippen molar-refractivity contribution in [3.63, 3.8) is 0 Å². The first kappa shape index (κ1) is 15.4. The first-order valence-corrected chi connectivity index (χ1v) is 8.95. The molecule has 2 heterocycles. The van der Waals surface area contributed by atoms with Crippen LogP contribution in [-0.2, 0) is 0 Å². The van der Waals surface area contributed by atoms with Gasteiger partial charge in [-0.25, -0.2) is 4.98 Å². The molecule has 0 aromatic carbocycles. The van der Waals surface area contributed by atoms with Crippen LogP contribution in [0.2, 0.25) is 0 Å². The maximum Gasteiger partial charge on any atom is 0.225 e. The number of rotatable bonds is 6. The molecule has 20 heavy (non-hydrogen) atoms. The van der Waals surface area contributed by atoms with Gasteiger partial charge in [0.2, 0.25) is 5.95 Å². The van der Waals surface area contributed by atoms with E-state index >= 15 is 0 Å². The summed E-state index contributed by atoms with van der Waals surface area (Å²) in [6.45, 7) is 4.37. The highest BCUT2D eigenvalue weighted by atomic mass is 32.2. The summed E-state index contributed by atoms with van der Waals surface area (Å²) in [4.78, 5) is 13.8. The number of fused-ring (bicyclic) bond motifs is 1. The van der Waals surface area contributed by atoms with Crippen molar-refractivity contribution in [1.29, 1.82) is 0 Å². The molecule has 0 aliphatic heterocycles. The van der Waals surface area contributed by atoms with E-state index in [1.165, 1.54) is 10.6 Å². The molecule has 6 heteroatoms. The molecule has 1 atom stereocenters. The molecule has 1 unspecified atom stereocenters. The lowest BCUT2D eigenvalue weighted by atomic mass is 10.2. The Labute approximate surface area is 129 Å². The zero-order valence-corrected chi connectivity index (χ0v) is 14.4. The fourth-order valence-corrected chi connectivity index (χ4v) is 3.55. The summed E-state index contributed by atoms with van der Waals surface area (Å²) in [5.74, 6) is 2.89. The third-order valence-corrected chi connectivity index (χ3v) is 5.04. The van der Waals surface area contributed by atoms with Gasteiger partial charge in [-0.3, -0.25) is 0 Å². The van der Waals surface area contributed by atoms with Gasteiger partial charge in [0.15, 0.2) is 0 Å². The first-order valence-electron chi connectivity index (χ1n) is 6.74. The molecule has 0 aliphatic carbocycles. The summed E-state index contributed by atoms with van der Waals surface area (Å²) in [5, 5.41) is 4.22. The number of nitrogens with one attached hydrogen (secondary N) is 1. The van der Waals surface area contributed by atoms with E-state index in [1.807, 2.05) is 18.8 Å². The van der Waals surface area contributed by atoms with Crippen LogP contribution in [0.4, 0.5) is 11.8 Å². The summed E-state index contributed by atoms with van der Waals surface area (Å²) in [7, 11) is 3.99. The van der Waals surface area contributed by atoms with E-state index in [-0.39, 0.29) is 0 Å². The molecule has 0 fully saturated rings. The lowest BCUT2D eigenvalue weighted by molar-refractivity contribution is 0.664. The Bertz CT molecular complexity index is 582. The van der Waals surface area contributed by atoms with Crippen molar-refractivity contribution in [3.05, 3.63) is 10.9 Å². The topological polar surface area (TPSA) is 41.1 Å². The zero-order chi connectivity index (χ0) is 14.7. The predicted octanol–water partition coefficient (Wildman–Crippen LogP) is 3.62. The van der Waals surface area contributed by atoms with Crippen LogP contribution in [-0.4, -0.2) is 42.1 Å². The molecular weight excluding hydrogens is 288 g/mol. The molecule has 2 rings (SSSR count). The first-order chi connectivity index (χ1) is 9.56. The standard InChI is InChI=1S/C14H22N4S2/c1-9(6-7-19-5)18(4)12-11-8-10(2)20-13(11)17-14(15-3)16-12/h8-9H,6-7H2,1-5H3,(H,15,16,17). The van der Waals surface area contributed by atoms with Crippen molar-refractivity contribution in [2.45, 2.75) is 26.3 Å². The lowest BCUT2D eigenvalue weighted by Crippen LogP contribution is -2.30. The van der Waals surface area contributed by atoms with Gasteiger partial charge >= 0.3 is 0 Å². The van der Waals surface area contributed by atoms with Crippen molar-refractivity contribution in [3.8, 4) is 0 Å². The lowest BCUT2D eigenvalue weighted by Gasteiger charge is -2.26. The molecule has 0 bridgehead atoms. The molecule has 0 amide bonds. The van der Waals surface area contributed by atoms with Crippen LogP contribution in [0.15, 0.2) is 6.07 Å². The molecule has 0 spiro atoms. The van der Waals surface area contributed by atoms with Crippen molar-refractivity contribution in [2.75, 3.05) is 36.3 Å². The van der Waals surface area contributed by atoms with Gasteiger partial charge in [-0.15, -0.1) is 11.3 Å². The minimum absolute atomic E-state index is 0.463. The van der Waals surface area contributed by atoms with E-state index < -0.39 is 0 Å². The summed E-state index contributed by atoms with van der Waals surface area (Å²) in [6, 6.07) is 2.65. The van der Waals surface area contributed by atoms with E-state index in [0.717, 1.165) is 22.5 Å². The summed E-state index contributed by atoms with van der Waals surface area (Å²) in [5.41, 5.74) is 0. The van der Waals surface area contributed by atoms with Crippen molar-refractivity contribution < 1.29 is 0 Å². The molecule has 0 aliphatic rings. The summed E-state index contributed by atoms with van der Waals surface area (Å²) in [6.07, 6.45) is 3.30. The van der Waals surface area contributed by atoms with Gasteiger partial charge in [0, 0.05) is 25.0 Å². The Hall–Kier alpha value is -1.01. The van der Waals surface area contributed by atoms with E-state index in [2.05, 4.69) is 53.4 Å². The molecule has 4 nitrogen and oxygen atoms in total. The van der Waals surface area contributed by atoms with E-state index in [1.54, 1.807) is 11.3 Å². The largest absolute Gasteiger partial charge is 0.357 e. The Kier molecular flexibility index (Phi) is 5.10. The molecule has 2 aromatic heterocycles. The number of aromatic nitrogens is 2. The number of thioether (sulfide) groups is 1. The van der Waals surface area contributed by atoms with Crippen molar-refractivity contribution >= 4 is 45.1 Å². The molecule has 2 aromatic rings. The summed E-state index contributed by atoms with van der Waals surface area (Å²) < 4.78 is 0. The third kappa shape index (κ3) is 3.17. The maximum absolute atomic E-state index is 4.67. The molecule has 1 N–H and O–H groups in total. The Morgan fingerprint density at radius 1 is 1.45 bits per heavy atom. The second-order valence-electron chi connectivity index (χ2n) is 4.94. The Balaban J connectivity index is 2.40. The second kappa shape index (κ2) is 6.63. The highest BCUT2D eigenvalue weighted by molar-refractivity contribution is 7.98. The molecule has 0 radical (unpaired) electrons. The predicted molar refractivity (Wildman–Crippen MR) is 92.6 cm³/mol. The maximum atomic E-state index is 4.67. The van der Waals surface area contributed by atoms with Crippen LogP contribution in [0, 0.1) is 6.92 Å². The molecule has 0 saturated heterocycles. The average molecular weight is 310 g/mol. The van der Waals surface area contributed by atoms with E-state index in [9.17, 15) is 0 Å². The average Bonchev–Trinajstić information content (AvgIpc) is 2.82. The fourth-order valence-electron chi connectivity index (χ4n) is 2.10. The van der Waals surface area contributed by atoms with Gasteiger partial charge in [-0.1, -0.05) is 0 Å². The van der Waals surface area contributed by atoms with Gasteiger partial charge in [0.05, 0.1) is 5.39 Å². The minimum Gasteiger partial charge on any atom is -0.357 e. The van der Waals surface area contributed by atoms with Crippen molar-refractivity contribution in [2.24, 2.45) is 0 Å². The van der Waals surface area contributed by atoms with Gasteiger partial charge in [0.1, 0.15) is 10.6 Å². The molecule has 0 saturated carbocycles. The van der Waals surface area contributed by atoms with E-state index in [4.69, 9.17) is 0 Å². The van der Waals surface area contributed by atoms with E-state index in [0.29, 0.717) is 12.0 Å². The number of nitrogens with zero attached hydrogens (tertiary/aromatic N) is 3. The number of hydrogen-bond donors (Lipinski definition) is 1. The summed E-state index contributed by atoms with van der Waals surface area (Å²) >= 11 is 3.61. The Morgan fingerprint density at radius 3 is 2.85 bits per heavy atom. The monoisotopic (exact) mass is 310 g/mol. The SMILES string of the molecule is CNc1nc(N(C)C(C)CCSC)c2cc(C)sc2n1. The second-order valence-corrected chi connectivity index (χ2v) is 7.16. The van der Waals surface area contributed by atoms with Crippen LogP contribution in [0.1, 0.15) is 18.2 Å².